The molecule has 4 atom stereocenters. The number of aromatic hydroxyl groups is 1. The number of carbonyl (C=O) groups excluding carboxylic acids is 4. The van der Waals surface area contributed by atoms with Gasteiger partial charge in [0.1, 0.15) is 36.5 Å². The van der Waals surface area contributed by atoms with Crippen molar-refractivity contribution in [2.45, 2.75) is 70.1 Å². The van der Waals surface area contributed by atoms with Gasteiger partial charge in [-0.25, -0.2) is 4.79 Å². The number of alkyl carbamates (subject to hydrolysis) is 1. The highest BCUT2D eigenvalue weighted by molar-refractivity contribution is 5.95. The largest absolute Gasteiger partial charge is 0.508 e. The second-order valence-corrected chi connectivity index (χ2v) is 12.8. The Kier molecular flexibility index (Phi) is 12.7. The number of ether oxygens (including phenoxy) is 1. The molecule has 3 aromatic rings. The minimum atomic E-state index is -1.62. The fraction of sp³-hybridized carbons (Fsp3) is 0.351. The lowest BCUT2D eigenvalue weighted by Crippen LogP contribution is -2.58. The quantitative estimate of drug-likeness (QED) is 0.116. The molecule has 0 aliphatic heterocycles. The first-order valence-corrected chi connectivity index (χ1v) is 16.5. The summed E-state index contributed by atoms with van der Waals surface area (Å²) in [5.41, 5.74) is 4.49. The van der Waals surface area contributed by atoms with Gasteiger partial charge in [0.05, 0.1) is 6.42 Å². The predicted molar refractivity (Wildman–Crippen MR) is 185 cm³/mol. The molecule has 14 nitrogen and oxygen atoms in total. The number of carboxylic acids is 2. The maximum absolute atomic E-state index is 13.6. The van der Waals surface area contributed by atoms with Gasteiger partial charge in [-0.1, -0.05) is 74.5 Å². The van der Waals surface area contributed by atoms with Gasteiger partial charge in [-0.3, -0.25) is 24.0 Å². The van der Waals surface area contributed by atoms with Crippen LogP contribution in [0.15, 0.2) is 72.8 Å². The topological polar surface area (TPSA) is 220 Å². The Morgan fingerprint density at radius 1 is 0.686 bits per heavy atom. The first kappa shape index (κ1) is 37.9. The summed E-state index contributed by atoms with van der Waals surface area (Å²) >= 11 is 0. The van der Waals surface area contributed by atoms with Gasteiger partial charge in [0.15, 0.2) is 0 Å². The van der Waals surface area contributed by atoms with Gasteiger partial charge in [-0.2, -0.15) is 0 Å². The van der Waals surface area contributed by atoms with Crippen LogP contribution in [0.3, 0.4) is 0 Å². The number of aliphatic carboxylic acids is 2. The molecule has 7 N–H and O–H groups in total. The van der Waals surface area contributed by atoms with E-state index in [0.29, 0.717) is 5.56 Å². The van der Waals surface area contributed by atoms with Crippen molar-refractivity contribution in [1.29, 1.82) is 0 Å². The Morgan fingerprint density at radius 3 is 1.76 bits per heavy atom. The third kappa shape index (κ3) is 10.3. The second-order valence-electron chi connectivity index (χ2n) is 12.8. The van der Waals surface area contributed by atoms with Crippen molar-refractivity contribution in [3.63, 3.8) is 0 Å². The molecule has 1 aliphatic rings. The summed E-state index contributed by atoms with van der Waals surface area (Å²) in [6, 6.07) is 15.8. The molecular formula is C37H42N4O10. The Balaban J connectivity index is 1.46. The lowest BCUT2D eigenvalue weighted by Gasteiger charge is -2.26. The zero-order valence-corrected chi connectivity index (χ0v) is 28.4. The molecule has 0 radical (unpaired) electrons. The first-order valence-electron chi connectivity index (χ1n) is 16.5. The standard InChI is InChI=1S/C37H42N4O10/c1-20(2)16-29(34(46)40-30(33(45)38-21(3)36(48)49)17-22-12-14-23(42)15-13-22)39-35(47)31(18-32(43)44)41-37(50)51-19-28-26-10-6-4-8-24(26)25-9-5-7-11-27(25)28/h4-15,20-21,28-31,42H,16-19H2,1-3H3,(H,38,45)(H,39,47)(H,40,46)(H,41,50)(H,43,44)(H,48,49)/t21-,29-,30-,31-/m0/s1. The average molecular weight is 703 g/mol. The fourth-order valence-electron chi connectivity index (χ4n) is 5.87. The van der Waals surface area contributed by atoms with Gasteiger partial charge in [-0.15, -0.1) is 0 Å². The third-order valence-electron chi connectivity index (χ3n) is 8.41. The van der Waals surface area contributed by atoms with E-state index in [9.17, 15) is 44.1 Å². The number of fused-ring (bicyclic) bond motifs is 3. The van der Waals surface area contributed by atoms with Crippen LogP contribution in [-0.2, 0) is 35.1 Å². The van der Waals surface area contributed by atoms with Crippen LogP contribution in [0.1, 0.15) is 56.2 Å². The van der Waals surface area contributed by atoms with Crippen LogP contribution >= 0.6 is 0 Å². The molecule has 4 rings (SSSR count). The number of carboxylic acid groups (broad SMARTS) is 2. The number of phenols is 1. The maximum atomic E-state index is 13.6. The Bertz CT molecular complexity index is 1710. The smallest absolute Gasteiger partial charge is 0.407 e. The average Bonchev–Trinajstić information content (AvgIpc) is 3.40. The minimum Gasteiger partial charge on any atom is -0.508 e. The summed E-state index contributed by atoms with van der Waals surface area (Å²) in [5.74, 6) is -5.72. The highest BCUT2D eigenvalue weighted by Gasteiger charge is 2.33. The van der Waals surface area contributed by atoms with E-state index in [2.05, 4.69) is 21.3 Å². The highest BCUT2D eigenvalue weighted by Crippen LogP contribution is 2.44. The molecule has 0 fully saturated rings. The summed E-state index contributed by atoms with van der Waals surface area (Å²) in [6.07, 6.45) is -1.86. The van der Waals surface area contributed by atoms with E-state index in [0.717, 1.165) is 22.3 Å². The molecule has 14 heteroatoms. The van der Waals surface area contributed by atoms with Crippen LogP contribution in [0.5, 0.6) is 5.75 Å². The molecule has 3 aromatic carbocycles. The van der Waals surface area contributed by atoms with Crippen molar-refractivity contribution in [2.24, 2.45) is 5.92 Å². The summed E-state index contributed by atoms with van der Waals surface area (Å²) < 4.78 is 5.51. The van der Waals surface area contributed by atoms with Crippen LogP contribution in [0.2, 0.25) is 0 Å². The van der Waals surface area contributed by atoms with E-state index in [-0.39, 0.29) is 37.0 Å². The number of hydrogen-bond acceptors (Lipinski definition) is 8. The summed E-state index contributed by atoms with van der Waals surface area (Å²) in [7, 11) is 0. The lowest BCUT2D eigenvalue weighted by molar-refractivity contribution is -0.141. The molecule has 0 aromatic heterocycles. The Labute approximate surface area is 294 Å². The molecule has 0 spiro atoms. The minimum absolute atomic E-state index is 0.0226. The van der Waals surface area contributed by atoms with Crippen LogP contribution in [0.4, 0.5) is 4.79 Å². The highest BCUT2D eigenvalue weighted by atomic mass is 16.5. The number of amides is 4. The summed E-state index contributed by atoms with van der Waals surface area (Å²) in [5, 5.41) is 38.2. The molecule has 0 saturated carbocycles. The fourth-order valence-corrected chi connectivity index (χ4v) is 5.87. The number of benzene rings is 3. The molecule has 0 saturated heterocycles. The molecule has 270 valence electrons. The Morgan fingerprint density at radius 2 is 1.22 bits per heavy atom. The monoisotopic (exact) mass is 702 g/mol. The van der Waals surface area contributed by atoms with E-state index in [1.54, 1.807) is 13.8 Å². The van der Waals surface area contributed by atoms with Crippen LogP contribution in [0.25, 0.3) is 11.1 Å². The van der Waals surface area contributed by atoms with Gasteiger partial charge in [0.25, 0.3) is 0 Å². The van der Waals surface area contributed by atoms with E-state index < -0.39 is 66.3 Å². The van der Waals surface area contributed by atoms with E-state index >= 15 is 0 Å². The lowest BCUT2D eigenvalue weighted by atomic mass is 9.98. The van der Waals surface area contributed by atoms with Crippen molar-refractivity contribution >= 4 is 35.8 Å². The first-order chi connectivity index (χ1) is 24.2. The van der Waals surface area contributed by atoms with Crippen molar-refractivity contribution in [2.75, 3.05) is 6.61 Å². The summed E-state index contributed by atoms with van der Waals surface area (Å²) in [6.45, 7) is 4.74. The van der Waals surface area contributed by atoms with Crippen LogP contribution in [-0.4, -0.2) is 81.8 Å². The zero-order valence-electron chi connectivity index (χ0n) is 28.4. The van der Waals surface area contributed by atoms with Gasteiger partial charge in [-0.05, 0) is 59.2 Å². The molecular weight excluding hydrogens is 660 g/mol. The Hall–Kier alpha value is -5.92. The maximum Gasteiger partial charge on any atom is 0.407 e. The number of hydrogen-bond donors (Lipinski definition) is 7. The normalized spacial score (nSPS) is 14.2. The van der Waals surface area contributed by atoms with E-state index in [1.807, 2.05) is 48.5 Å². The predicted octanol–water partition coefficient (Wildman–Crippen LogP) is 2.92. The summed E-state index contributed by atoms with van der Waals surface area (Å²) in [4.78, 5) is 76.3. The molecule has 4 amide bonds. The number of carbonyl (C=O) groups is 6. The number of nitrogens with one attached hydrogen (secondary N) is 4. The third-order valence-corrected chi connectivity index (χ3v) is 8.41. The van der Waals surface area contributed by atoms with Crippen molar-refractivity contribution < 1.29 is 48.8 Å². The molecule has 51 heavy (non-hydrogen) atoms. The molecule has 0 bridgehead atoms. The number of rotatable bonds is 16. The number of phenolic OH excluding ortho intramolecular Hbond substituents is 1. The molecule has 0 heterocycles. The second kappa shape index (κ2) is 17.1. The molecule has 1 aliphatic carbocycles. The van der Waals surface area contributed by atoms with Crippen molar-refractivity contribution in [3.05, 3.63) is 89.5 Å². The van der Waals surface area contributed by atoms with Gasteiger partial charge >= 0.3 is 18.0 Å². The zero-order chi connectivity index (χ0) is 37.2. The molecule has 0 unspecified atom stereocenters. The SMILES string of the molecule is CC(C)C[C@H](NC(=O)[C@H](CC(=O)O)NC(=O)OCC1c2ccccc2-c2ccccc21)C(=O)N[C@@H](Cc1ccc(O)cc1)C(=O)N[C@@H](C)C(=O)O. The van der Waals surface area contributed by atoms with E-state index in [1.165, 1.54) is 31.2 Å². The van der Waals surface area contributed by atoms with Crippen molar-refractivity contribution in [1.82, 2.24) is 21.3 Å². The van der Waals surface area contributed by atoms with Gasteiger partial charge in [0.2, 0.25) is 17.7 Å². The van der Waals surface area contributed by atoms with Crippen LogP contribution < -0.4 is 21.3 Å². The van der Waals surface area contributed by atoms with Gasteiger partial charge in [0, 0.05) is 12.3 Å². The van der Waals surface area contributed by atoms with Crippen LogP contribution in [0, 0.1) is 5.92 Å². The van der Waals surface area contributed by atoms with Gasteiger partial charge < -0.3 is 41.3 Å². The van der Waals surface area contributed by atoms with Crippen molar-refractivity contribution in [3.8, 4) is 16.9 Å². The van der Waals surface area contributed by atoms with E-state index in [4.69, 9.17) is 4.74 Å².